The van der Waals surface area contributed by atoms with Gasteiger partial charge in [0.15, 0.2) is 11.6 Å². The maximum atomic E-state index is 13.0. The summed E-state index contributed by atoms with van der Waals surface area (Å²) in [6, 6.07) is 3.50. The van der Waals surface area contributed by atoms with Crippen molar-refractivity contribution in [2.24, 2.45) is 5.92 Å². The topological polar surface area (TPSA) is 29.5 Å². The Balaban J connectivity index is 2.12. The first-order valence-corrected chi connectivity index (χ1v) is 5.39. The second-order valence-electron chi connectivity index (χ2n) is 4.10. The minimum absolute atomic E-state index is 0.0291. The molecule has 1 heterocycles. The zero-order valence-corrected chi connectivity index (χ0v) is 8.83. The van der Waals surface area contributed by atoms with Gasteiger partial charge in [-0.05, 0) is 30.5 Å². The molecule has 2 atom stereocenters. The maximum absolute atomic E-state index is 13.0. The first-order chi connectivity index (χ1) is 7.68. The molecule has 1 aromatic carbocycles. The minimum atomic E-state index is -0.923. The van der Waals surface area contributed by atoms with Crippen LogP contribution in [0.3, 0.4) is 0 Å². The number of hydrogen-bond donors (Lipinski definition) is 1. The summed E-state index contributed by atoms with van der Waals surface area (Å²) in [5.74, 6) is -1.84. The number of benzene rings is 1. The van der Waals surface area contributed by atoms with Gasteiger partial charge in [-0.3, -0.25) is 0 Å². The van der Waals surface area contributed by atoms with Crippen LogP contribution in [-0.2, 0) is 4.74 Å². The number of aliphatic hydroxyl groups is 1. The number of hydrogen-bond acceptors (Lipinski definition) is 2. The Hall–Kier alpha value is -1.00. The SMILES string of the molecule is OC(c1ccc(F)c(F)c1)C1CCCOC1. The van der Waals surface area contributed by atoms with E-state index in [4.69, 9.17) is 4.74 Å². The van der Waals surface area contributed by atoms with E-state index in [9.17, 15) is 13.9 Å². The molecule has 1 aromatic rings. The van der Waals surface area contributed by atoms with Crippen molar-refractivity contribution in [2.45, 2.75) is 18.9 Å². The molecule has 0 spiro atoms. The molecule has 0 amide bonds. The molecule has 1 saturated heterocycles. The zero-order valence-electron chi connectivity index (χ0n) is 8.83. The molecule has 1 aliphatic heterocycles. The van der Waals surface area contributed by atoms with Crippen molar-refractivity contribution in [2.75, 3.05) is 13.2 Å². The largest absolute Gasteiger partial charge is 0.388 e. The average molecular weight is 228 g/mol. The molecule has 1 aliphatic rings. The van der Waals surface area contributed by atoms with E-state index in [0.717, 1.165) is 25.0 Å². The van der Waals surface area contributed by atoms with Crippen LogP contribution in [0.2, 0.25) is 0 Å². The third kappa shape index (κ3) is 2.39. The van der Waals surface area contributed by atoms with Crippen molar-refractivity contribution in [3.63, 3.8) is 0 Å². The lowest BCUT2D eigenvalue weighted by Gasteiger charge is -2.26. The molecule has 2 rings (SSSR count). The second-order valence-corrected chi connectivity index (χ2v) is 4.10. The molecule has 88 valence electrons. The normalized spacial score (nSPS) is 23.1. The van der Waals surface area contributed by atoms with Gasteiger partial charge < -0.3 is 9.84 Å². The highest BCUT2D eigenvalue weighted by atomic mass is 19.2. The van der Waals surface area contributed by atoms with Gasteiger partial charge >= 0.3 is 0 Å². The van der Waals surface area contributed by atoms with Crippen LogP contribution < -0.4 is 0 Å². The minimum Gasteiger partial charge on any atom is -0.388 e. The Kier molecular flexibility index (Phi) is 3.51. The molecule has 16 heavy (non-hydrogen) atoms. The van der Waals surface area contributed by atoms with Crippen LogP contribution in [0.5, 0.6) is 0 Å². The number of aliphatic hydroxyl groups excluding tert-OH is 1. The number of rotatable bonds is 2. The van der Waals surface area contributed by atoms with Gasteiger partial charge in [0.2, 0.25) is 0 Å². The van der Waals surface area contributed by atoms with Gasteiger partial charge in [-0.2, -0.15) is 0 Å². The molecule has 1 fully saturated rings. The predicted molar refractivity (Wildman–Crippen MR) is 54.9 cm³/mol. The highest BCUT2D eigenvalue weighted by Gasteiger charge is 2.24. The number of halogens is 2. The van der Waals surface area contributed by atoms with E-state index in [-0.39, 0.29) is 5.92 Å². The highest BCUT2D eigenvalue weighted by Crippen LogP contribution is 2.29. The quantitative estimate of drug-likeness (QED) is 0.842. The summed E-state index contributed by atoms with van der Waals surface area (Å²) in [5, 5.41) is 9.99. The monoisotopic (exact) mass is 228 g/mol. The summed E-state index contributed by atoms with van der Waals surface area (Å²) in [4.78, 5) is 0. The van der Waals surface area contributed by atoms with E-state index in [1.54, 1.807) is 0 Å². The molecule has 0 radical (unpaired) electrons. The number of ether oxygens (including phenoxy) is 1. The van der Waals surface area contributed by atoms with E-state index in [1.807, 2.05) is 0 Å². The predicted octanol–water partition coefficient (Wildman–Crippen LogP) is 2.42. The summed E-state index contributed by atoms with van der Waals surface area (Å²) >= 11 is 0. The van der Waals surface area contributed by atoms with Crippen LogP contribution in [0, 0.1) is 17.6 Å². The Morgan fingerprint density at radius 3 is 2.75 bits per heavy atom. The van der Waals surface area contributed by atoms with Crippen LogP contribution in [-0.4, -0.2) is 18.3 Å². The summed E-state index contributed by atoms with van der Waals surface area (Å²) in [6.07, 6.45) is 0.960. The van der Waals surface area contributed by atoms with Crippen molar-refractivity contribution in [3.05, 3.63) is 35.4 Å². The summed E-state index contributed by atoms with van der Waals surface area (Å²) < 4.78 is 31.0. The van der Waals surface area contributed by atoms with Crippen LogP contribution in [0.15, 0.2) is 18.2 Å². The van der Waals surface area contributed by atoms with Gasteiger partial charge in [0.1, 0.15) is 0 Å². The molecule has 0 aliphatic carbocycles. The van der Waals surface area contributed by atoms with Gasteiger partial charge in [0, 0.05) is 12.5 Å². The van der Waals surface area contributed by atoms with Gasteiger partial charge in [-0.1, -0.05) is 6.07 Å². The van der Waals surface area contributed by atoms with Gasteiger partial charge in [-0.15, -0.1) is 0 Å². The Morgan fingerprint density at radius 2 is 2.12 bits per heavy atom. The summed E-state index contributed by atoms with van der Waals surface area (Å²) in [6.45, 7) is 1.18. The lowest BCUT2D eigenvalue weighted by atomic mass is 9.91. The van der Waals surface area contributed by atoms with E-state index in [1.165, 1.54) is 6.07 Å². The van der Waals surface area contributed by atoms with Gasteiger partial charge in [-0.25, -0.2) is 8.78 Å². The average Bonchev–Trinajstić information content (AvgIpc) is 2.33. The Labute approximate surface area is 92.9 Å². The summed E-state index contributed by atoms with van der Waals surface area (Å²) in [5.41, 5.74) is 0.411. The first-order valence-electron chi connectivity index (χ1n) is 5.39. The fraction of sp³-hybridized carbons (Fsp3) is 0.500. The molecule has 0 saturated carbocycles. The van der Waals surface area contributed by atoms with Crippen LogP contribution in [0.1, 0.15) is 24.5 Å². The van der Waals surface area contributed by atoms with Crippen molar-refractivity contribution >= 4 is 0 Å². The maximum Gasteiger partial charge on any atom is 0.159 e. The summed E-state index contributed by atoms with van der Waals surface area (Å²) in [7, 11) is 0. The van der Waals surface area contributed by atoms with Crippen LogP contribution >= 0.6 is 0 Å². The van der Waals surface area contributed by atoms with E-state index in [2.05, 4.69) is 0 Å². The Bertz CT molecular complexity index is 362. The third-order valence-corrected chi connectivity index (χ3v) is 2.93. The fourth-order valence-corrected chi connectivity index (χ4v) is 1.98. The molecule has 0 aromatic heterocycles. The van der Waals surface area contributed by atoms with Gasteiger partial charge in [0.05, 0.1) is 12.7 Å². The zero-order chi connectivity index (χ0) is 11.5. The van der Waals surface area contributed by atoms with E-state index >= 15 is 0 Å². The highest BCUT2D eigenvalue weighted by molar-refractivity contribution is 5.20. The molecule has 0 bridgehead atoms. The van der Waals surface area contributed by atoms with E-state index < -0.39 is 17.7 Å². The molecular formula is C12H14F2O2. The third-order valence-electron chi connectivity index (χ3n) is 2.93. The Morgan fingerprint density at radius 1 is 1.31 bits per heavy atom. The van der Waals surface area contributed by atoms with Crippen LogP contribution in [0.4, 0.5) is 8.78 Å². The molecule has 2 unspecified atom stereocenters. The molecule has 2 nitrogen and oxygen atoms in total. The van der Waals surface area contributed by atoms with Crippen molar-refractivity contribution < 1.29 is 18.6 Å². The van der Waals surface area contributed by atoms with Crippen LogP contribution in [0.25, 0.3) is 0 Å². The lowest BCUT2D eigenvalue weighted by Crippen LogP contribution is -2.23. The lowest BCUT2D eigenvalue weighted by molar-refractivity contribution is -0.0101. The van der Waals surface area contributed by atoms with E-state index in [0.29, 0.717) is 18.8 Å². The second kappa shape index (κ2) is 4.89. The first kappa shape index (κ1) is 11.5. The molecule has 4 heteroatoms. The van der Waals surface area contributed by atoms with Crippen molar-refractivity contribution in [3.8, 4) is 0 Å². The fourth-order valence-electron chi connectivity index (χ4n) is 1.98. The van der Waals surface area contributed by atoms with Crippen molar-refractivity contribution in [1.29, 1.82) is 0 Å². The van der Waals surface area contributed by atoms with Crippen molar-refractivity contribution in [1.82, 2.24) is 0 Å². The standard InChI is InChI=1S/C12H14F2O2/c13-10-4-3-8(6-11(10)14)12(15)9-2-1-5-16-7-9/h3-4,6,9,12,15H,1-2,5,7H2. The van der Waals surface area contributed by atoms with Gasteiger partial charge in [0.25, 0.3) is 0 Å². The molecule has 1 N–H and O–H groups in total. The molecular weight excluding hydrogens is 214 g/mol. The smallest absolute Gasteiger partial charge is 0.159 e.